The van der Waals surface area contributed by atoms with Crippen LogP contribution in [0.3, 0.4) is 0 Å². The van der Waals surface area contributed by atoms with Crippen molar-refractivity contribution in [3.05, 3.63) is 17.7 Å². The van der Waals surface area contributed by atoms with Crippen molar-refractivity contribution in [3.8, 4) is 0 Å². The van der Waals surface area contributed by atoms with E-state index in [1.54, 1.807) is 25.7 Å². The fraction of sp³-hybridized carbons (Fsp3) is 0.654. The van der Waals surface area contributed by atoms with Gasteiger partial charge in [0.25, 0.3) is 0 Å². The fourth-order valence-corrected chi connectivity index (χ4v) is 4.85. The maximum Gasteiger partial charge on any atom is 0.471 e. The number of carbonyl (C=O) groups is 3. The molecular weight excluding hydrogens is 560 g/mol. The second-order valence-electron chi connectivity index (χ2n) is 11.0. The number of piperazine rings is 1. The summed E-state index contributed by atoms with van der Waals surface area (Å²) < 4.78 is 85.3. The number of anilines is 3. The van der Waals surface area contributed by atoms with Crippen LogP contribution in [0.2, 0.25) is 0 Å². The standard InChI is InChI=1S/C26H35F6N5O4/c1-17-19(35-10-12-36(13-11-35)21(38)25(27,28)29)15-18(33-23(40)41-24(2,3)4)16-20(17)37(22(39)26(30,31)32)14-9-34-7-5-6-8-34/h15-16H,5-14H2,1-4H3,(H,33,40). The Hall–Kier alpha value is -3.23. The highest BCUT2D eigenvalue weighted by atomic mass is 19.4. The highest BCUT2D eigenvalue weighted by Crippen LogP contribution is 2.37. The first-order valence-corrected chi connectivity index (χ1v) is 13.2. The number of carbonyl (C=O) groups excluding carboxylic acids is 3. The molecule has 15 heteroatoms. The Morgan fingerprint density at radius 3 is 2.00 bits per heavy atom. The quantitative estimate of drug-likeness (QED) is 0.487. The molecular formula is C26H35F6N5O4. The molecule has 3 rings (SSSR count). The van der Waals surface area contributed by atoms with Gasteiger partial charge in [0.05, 0.1) is 5.69 Å². The van der Waals surface area contributed by atoms with E-state index >= 15 is 0 Å². The summed E-state index contributed by atoms with van der Waals surface area (Å²) >= 11 is 0. The minimum atomic E-state index is -5.18. The highest BCUT2D eigenvalue weighted by Gasteiger charge is 2.45. The number of likely N-dealkylation sites (tertiary alicyclic amines) is 1. The minimum absolute atomic E-state index is 0.0322. The minimum Gasteiger partial charge on any atom is -0.444 e. The number of nitrogens with one attached hydrogen (secondary N) is 1. The number of alkyl halides is 6. The average Bonchev–Trinajstić information content (AvgIpc) is 3.36. The van der Waals surface area contributed by atoms with Crippen LogP contribution in [0.25, 0.3) is 0 Å². The SMILES string of the molecule is Cc1c(N2CCN(C(=O)C(F)(F)F)CC2)cc(NC(=O)OC(C)(C)C)cc1N(CCN1CCCC1)C(=O)C(F)(F)F. The van der Waals surface area contributed by atoms with Crippen molar-refractivity contribution in [3.63, 3.8) is 0 Å². The molecule has 0 aliphatic carbocycles. The molecule has 1 N–H and O–H groups in total. The third-order valence-corrected chi connectivity index (χ3v) is 6.77. The third kappa shape index (κ3) is 8.63. The van der Waals surface area contributed by atoms with Gasteiger partial charge in [-0.3, -0.25) is 14.9 Å². The maximum absolute atomic E-state index is 13.7. The number of rotatable bonds is 6. The fourth-order valence-electron chi connectivity index (χ4n) is 4.85. The van der Waals surface area contributed by atoms with Gasteiger partial charge in [-0.2, -0.15) is 26.3 Å². The van der Waals surface area contributed by atoms with E-state index in [0.717, 1.165) is 12.8 Å². The number of nitrogens with zero attached hydrogens (tertiary/aromatic N) is 4. The Labute approximate surface area is 234 Å². The molecule has 2 aliphatic heterocycles. The summed E-state index contributed by atoms with van der Waals surface area (Å²) in [5, 5.41) is 2.49. The molecule has 2 fully saturated rings. The van der Waals surface area contributed by atoms with E-state index in [-0.39, 0.29) is 56.2 Å². The normalized spacial score (nSPS) is 17.0. The lowest BCUT2D eigenvalue weighted by molar-refractivity contribution is -0.185. The molecule has 0 bridgehead atoms. The number of hydrogen-bond donors (Lipinski definition) is 1. The van der Waals surface area contributed by atoms with E-state index in [9.17, 15) is 40.7 Å². The van der Waals surface area contributed by atoms with E-state index in [0.29, 0.717) is 28.6 Å². The smallest absolute Gasteiger partial charge is 0.444 e. The summed E-state index contributed by atoms with van der Waals surface area (Å²) in [4.78, 5) is 41.7. The lowest BCUT2D eigenvalue weighted by atomic mass is 10.1. The summed E-state index contributed by atoms with van der Waals surface area (Å²) in [5.74, 6) is -4.06. The van der Waals surface area contributed by atoms with E-state index in [4.69, 9.17) is 4.74 Å². The van der Waals surface area contributed by atoms with E-state index < -0.39 is 35.9 Å². The van der Waals surface area contributed by atoms with Gasteiger partial charge < -0.3 is 24.3 Å². The van der Waals surface area contributed by atoms with Crippen LogP contribution in [-0.4, -0.2) is 98.0 Å². The molecule has 0 spiro atoms. The number of halogens is 6. The molecule has 2 heterocycles. The van der Waals surface area contributed by atoms with Crippen LogP contribution in [0.5, 0.6) is 0 Å². The van der Waals surface area contributed by atoms with Crippen molar-refractivity contribution in [2.24, 2.45) is 0 Å². The van der Waals surface area contributed by atoms with Gasteiger partial charge in [0.2, 0.25) is 0 Å². The van der Waals surface area contributed by atoms with Crippen molar-refractivity contribution < 1.29 is 45.5 Å². The molecule has 2 aliphatic rings. The summed E-state index contributed by atoms with van der Waals surface area (Å²) in [6.07, 6.45) is -9.31. The number of amides is 3. The molecule has 0 unspecified atom stereocenters. The first kappa shape index (κ1) is 32.3. The Morgan fingerprint density at radius 1 is 0.902 bits per heavy atom. The predicted molar refractivity (Wildman–Crippen MR) is 140 cm³/mol. The van der Waals surface area contributed by atoms with Crippen molar-refractivity contribution in [1.82, 2.24) is 9.80 Å². The van der Waals surface area contributed by atoms with Crippen LogP contribution in [-0.2, 0) is 14.3 Å². The third-order valence-electron chi connectivity index (χ3n) is 6.77. The zero-order chi connectivity index (χ0) is 30.8. The van der Waals surface area contributed by atoms with Crippen LogP contribution in [0.1, 0.15) is 39.2 Å². The first-order chi connectivity index (χ1) is 18.9. The zero-order valence-corrected chi connectivity index (χ0v) is 23.4. The van der Waals surface area contributed by atoms with Crippen LogP contribution < -0.4 is 15.1 Å². The molecule has 2 saturated heterocycles. The second-order valence-corrected chi connectivity index (χ2v) is 11.0. The lowest BCUT2D eigenvalue weighted by Crippen LogP contribution is -2.52. The molecule has 0 saturated carbocycles. The van der Waals surface area contributed by atoms with E-state index in [2.05, 4.69) is 5.32 Å². The number of hydrogen-bond acceptors (Lipinski definition) is 6. The zero-order valence-electron chi connectivity index (χ0n) is 23.4. The maximum atomic E-state index is 13.7. The highest BCUT2D eigenvalue weighted by molar-refractivity contribution is 6.00. The van der Waals surface area contributed by atoms with Crippen LogP contribution in [0.4, 0.5) is 48.2 Å². The molecule has 1 aromatic rings. The molecule has 0 radical (unpaired) electrons. The number of benzene rings is 1. The van der Waals surface area contributed by atoms with E-state index in [1.165, 1.54) is 19.1 Å². The van der Waals surface area contributed by atoms with Gasteiger partial charge >= 0.3 is 30.3 Å². The van der Waals surface area contributed by atoms with Gasteiger partial charge in [-0.25, -0.2) is 4.79 Å². The molecule has 0 aromatic heterocycles. The van der Waals surface area contributed by atoms with Gasteiger partial charge in [-0.05, 0) is 71.3 Å². The van der Waals surface area contributed by atoms with Crippen LogP contribution in [0.15, 0.2) is 12.1 Å². The molecule has 0 atom stereocenters. The van der Waals surface area contributed by atoms with Crippen molar-refractivity contribution >= 4 is 35.0 Å². The summed E-state index contributed by atoms with van der Waals surface area (Å²) in [6, 6.07) is 2.71. The Balaban J connectivity index is 2.00. The van der Waals surface area contributed by atoms with Gasteiger partial charge in [0, 0.05) is 50.6 Å². The average molecular weight is 596 g/mol. The molecule has 41 heavy (non-hydrogen) atoms. The molecule has 1 aromatic carbocycles. The summed E-state index contributed by atoms with van der Waals surface area (Å²) in [5.41, 5.74) is -0.396. The van der Waals surface area contributed by atoms with Crippen LogP contribution >= 0.6 is 0 Å². The predicted octanol–water partition coefficient (Wildman–Crippen LogP) is 4.54. The van der Waals surface area contributed by atoms with Gasteiger partial charge in [0.1, 0.15) is 5.60 Å². The largest absolute Gasteiger partial charge is 0.471 e. The first-order valence-electron chi connectivity index (χ1n) is 13.2. The monoisotopic (exact) mass is 595 g/mol. The van der Waals surface area contributed by atoms with Gasteiger partial charge in [-0.15, -0.1) is 0 Å². The molecule has 9 nitrogen and oxygen atoms in total. The summed E-state index contributed by atoms with van der Waals surface area (Å²) in [6.45, 7) is 7.01. The molecule has 230 valence electrons. The number of ether oxygens (including phenoxy) is 1. The van der Waals surface area contributed by atoms with Crippen molar-refractivity contribution in [1.29, 1.82) is 0 Å². The van der Waals surface area contributed by atoms with Crippen molar-refractivity contribution in [2.75, 3.05) is 67.5 Å². The van der Waals surface area contributed by atoms with Crippen molar-refractivity contribution in [2.45, 2.75) is 58.5 Å². The summed E-state index contributed by atoms with van der Waals surface area (Å²) in [7, 11) is 0. The Kier molecular flexibility index (Phi) is 9.71. The second kappa shape index (κ2) is 12.3. The topological polar surface area (TPSA) is 85.4 Å². The Bertz CT molecular complexity index is 1120. The Morgan fingerprint density at radius 2 is 1.49 bits per heavy atom. The molecule has 3 amide bonds. The van der Waals surface area contributed by atoms with Gasteiger partial charge in [-0.1, -0.05) is 0 Å². The van der Waals surface area contributed by atoms with E-state index in [1.807, 2.05) is 4.90 Å². The lowest BCUT2D eigenvalue weighted by Gasteiger charge is -2.38. The van der Waals surface area contributed by atoms with Gasteiger partial charge in [0.15, 0.2) is 0 Å². The van der Waals surface area contributed by atoms with Crippen LogP contribution in [0, 0.1) is 6.92 Å².